The zero-order valence-corrected chi connectivity index (χ0v) is 11.0. The highest BCUT2D eigenvalue weighted by molar-refractivity contribution is 5.84. The molecule has 2 rings (SSSR count). The van der Waals surface area contributed by atoms with Gasteiger partial charge in [-0.15, -0.1) is 0 Å². The van der Waals surface area contributed by atoms with Crippen molar-refractivity contribution in [1.29, 1.82) is 0 Å². The quantitative estimate of drug-likeness (QED) is 0.751. The van der Waals surface area contributed by atoms with E-state index in [2.05, 4.69) is 10.6 Å². The van der Waals surface area contributed by atoms with Gasteiger partial charge in [-0.25, -0.2) is 0 Å². The van der Waals surface area contributed by atoms with E-state index in [1.165, 1.54) is 0 Å². The summed E-state index contributed by atoms with van der Waals surface area (Å²) in [4.78, 5) is 11.9. The molecule has 1 aliphatic carbocycles. The summed E-state index contributed by atoms with van der Waals surface area (Å²) in [6.07, 6.45) is 4.24. The second-order valence-electron chi connectivity index (χ2n) is 5.93. The molecule has 98 valence electrons. The summed E-state index contributed by atoms with van der Waals surface area (Å²) in [5, 5.41) is 6.49. The topological polar surface area (TPSA) is 50.4 Å². The van der Waals surface area contributed by atoms with Gasteiger partial charge in [0.25, 0.3) is 0 Å². The van der Waals surface area contributed by atoms with Gasteiger partial charge in [-0.05, 0) is 38.8 Å². The number of amides is 1. The lowest BCUT2D eigenvalue weighted by molar-refractivity contribution is -0.126. The second-order valence-corrected chi connectivity index (χ2v) is 5.93. The average molecular weight is 240 g/mol. The second kappa shape index (κ2) is 4.94. The number of hydrogen-bond donors (Lipinski definition) is 2. The number of rotatable bonds is 5. The monoisotopic (exact) mass is 240 g/mol. The lowest BCUT2D eigenvalue weighted by Gasteiger charge is -2.37. The van der Waals surface area contributed by atoms with Crippen LogP contribution in [0.5, 0.6) is 0 Å². The van der Waals surface area contributed by atoms with Gasteiger partial charge in [0, 0.05) is 24.5 Å². The number of methoxy groups -OCH3 is 1. The van der Waals surface area contributed by atoms with Gasteiger partial charge < -0.3 is 15.4 Å². The molecule has 4 heteroatoms. The van der Waals surface area contributed by atoms with E-state index in [1.54, 1.807) is 7.11 Å². The van der Waals surface area contributed by atoms with E-state index in [4.69, 9.17) is 4.74 Å². The van der Waals surface area contributed by atoms with Crippen LogP contribution in [0.2, 0.25) is 0 Å². The predicted molar refractivity (Wildman–Crippen MR) is 66.8 cm³/mol. The van der Waals surface area contributed by atoms with E-state index < -0.39 is 0 Å². The molecule has 2 N–H and O–H groups in total. The molecule has 0 atom stereocenters. The SMILES string of the molecule is COCC1(CNC(=O)C2(C)CC2)CCNCC1. The first-order chi connectivity index (χ1) is 8.10. The van der Waals surface area contributed by atoms with Crippen LogP contribution in [0.1, 0.15) is 32.6 Å². The molecule has 1 amide bonds. The van der Waals surface area contributed by atoms with Crippen molar-refractivity contribution in [2.24, 2.45) is 10.8 Å². The fourth-order valence-corrected chi connectivity index (χ4v) is 2.53. The van der Waals surface area contributed by atoms with Gasteiger partial charge in [-0.3, -0.25) is 4.79 Å². The molecule has 0 spiro atoms. The smallest absolute Gasteiger partial charge is 0.225 e. The van der Waals surface area contributed by atoms with E-state index >= 15 is 0 Å². The molecular formula is C13H24N2O2. The first-order valence-corrected chi connectivity index (χ1v) is 6.58. The summed E-state index contributed by atoms with van der Waals surface area (Å²) in [5.74, 6) is 0.228. The first kappa shape index (κ1) is 12.8. The maximum Gasteiger partial charge on any atom is 0.225 e. The van der Waals surface area contributed by atoms with Crippen LogP contribution in [-0.4, -0.2) is 39.3 Å². The van der Waals surface area contributed by atoms with Crippen molar-refractivity contribution in [3.05, 3.63) is 0 Å². The Balaban J connectivity index is 1.86. The van der Waals surface area contributed by atoms with Crippen molar-refractivity contribution in [2.75, 3.05) is 33.4 Å². The van der Waals surface area contributed by atoms with Gasteiger partial charge in [0.2, 0.25) is 5.91 Å². The molecule has 17 heavy (non-hydrogen) atoms. The molecule has 2 fully saturated rings. The molecule has 0 bridgehead atoms. The van der Waals surface area contributed by atoms with Crippen LogP contribution in [0.25, 0.3) is 0 Å². The largest absolute Gasteiger partial charge is 0.384 e. The van der Waals surface area contributed by atoms with Crippen molar-refractivity contribution in [3.8, 4) is 0 Å². The highest BCUT2D eigenvalue weighted by atomic mass is 16.5. The Labute approximate surface area is 103 Å². The van der Waals surface area contributed by atoms with Gasteiger partial charge in [0.05, 0.1) is 6.61 Å². The number of piperidine rings is 1. The number of nitrogens with one attached hydrogen (secondary N) is 2. The standard InChI is InChI=1S/C13H24N2O2/c1-12(3-4-12)11(16)15-9-13(10-17-2)5-7-14-8-6-13/h14H,3-10H2,1-2H3,(H,15,16). The van der Waals surface area contributed by atoms with Crippen LogP contribution < -0.4 is 10.6 Å². The Morgan fingerprint density at radius 3 is 2.47 bits per heavy atom. The van der Waals surface area contributed by atoms with Crippen molar-refractivity contribution in [3.63, 3.8) is 0 Å². The third kappa shape index (κ3) is 2.99. The Hall–Kier alpha value is -0.610. The van der Waals surface area contributed by atoms with Gasteiger partial charge in [0.1, 0.15) is 0 Å². The van der Waals surface area contributed by atoms with Crippen molar-refractivity contribution in [1.82, 2.24) is 10.6 Å². The summed E-state index contributed by atoms with van der Waals surface area (Å²) in [6, 6.07) is 0. The van der Waals surface area contributed by atoms with E-state index in [-0.39, 0.29) is 16.7 Å². The zero-order chi connectivity index (χ0) is 12.4. The third-order valence-corrected chi connectivity index (χ3v) is 4.29. The number of carbonyl (C=O) groups is 1. The van der Waals surface area contributed by atoms with Crippen LogP contribution in [0, 0.1) is 10.8 Å². The van der Waals surface area contributed by atoms with Gasteiger partial charge in [-0.2, -0.15) is 0 Å². The van der Waals surface area contributed by atoms with Crippen LogP contribution in [0.3, 0.4) is 0 Å². The van der Waals surface area contributed by atoms with Gasteiger partial charge >= 0.3 is 0 Å². The average Bonchev–Trinajstić information content (AvgIpc) is 3.07. The minimum atomic E-state index is -0.0683. The highest BCUT2D eigenvalue weighted by Crippen LogP contribution is 2.45. The highest BCUT2D eigenvalue weighted by Gasteiger charge is 2.45. The van der Waals surface area contributed by atoms with Crippen LogP contribution in [0.15, 0.2) is 0 Å². The van der Waals surface area contributed by atoms with E-state index in [0.717, 1.165) is 51.9 Å². The Morgan fingerprint density at radius 2 is 1.94 bits per heavy atom. The molecule has 2 aliphatic rings. The van der Waals surface area contributed by atoms with Crippen molar-refractivity contribution >= 4 is 5.91 Å². The van der Waals surface area contributed by atoms with Crippen molar-refractivity contribution in [2.45, 2.75) is 32.6 Å². The fraction of sp³-hybridized carbons (Fsp3) is 0.923. The summed E-state index contributed by atoms with van der Waals surface area (Å²) in [5.41, 5.74) is 0.0715. The molecule has 1 saturated heterocycles. The van der Waals surface area contributed by atoms with Gasteiger partial charge in [-0.1, -0.05) is 6.92 Å². The molecule has 0 aromatic heterocycles. The number of hydrogen-bond acceptors (Lipinski definition) is 3. The van der Waals surface area contributed by atoms with E-state index in [1.807, 2.05) is 6.92 Å². The Bertz CT molecular complexity index is 276. The maximum absolute atomic E-state index is 11.9. The third-order valence-electron chi connectivity index (χ3n) is 4.29. The fourth-order valence-electron chi connectivity index (χ4n) is 2.53. The maximum atomic E-state index is 11.9. The minimum absolute atomic E-state index is 0.0683. The number of carbonyl (C=O) groups excluding carboxylic acids is 1. The lowest BCUT2D eigenvalue weighted by atomic mass is 9.79. The molecule has 1 heterocycles. The molecule has 0 unspecified atom stereocenters. The number of ether oxygens (including phenoxy) is 1. The molecule has 0 radical (unpaired) electrons. The predicted octanol–water partition coefficient (Wildman–Crippen LogP) is 0.919. The van der Waals surface area contributed by atoms with Crippen LogP contribution >= 0.6 is 0 Å². The normalized spacial score (nSPS) is 25.3. The summed E-state index contributed by atoms with van der Waals surface area (Å²) >= 11 is 0. The summed E-state index contributed by atoms with van der Waals surface area (Å²) < 4.78 is 5.34. The molecular weight excluding hydrogens is 216 g/mol. The van der Waals surface area contributed by atoms with E-state index in [0.29, 0.717) is 0 Å². The minimum Gasteiger partial charge on any atom is -0.384 e. The summed E-state index contributed by atoms with van der Waals surface area (Å²) in [6.45, 7) is 5.60. The lowest BCUT2D eigenvalue weighted by Crippen LogP contribution is -2.48. The molecule has 4 nitrogen and oxygen atoms in total. The first-order valence-electron chi connectivity index (χ1n) is 6.58. The molecule has 1 saturated carbocycles. The van der Waals surface area contributed by atoms with Crippen LogP contribution in [-0.2, 0) is 9.53 Å². The van der Waals surface area contributed by atoms with Crippen molar-refractivity contribution < 1.29 is 9.53 Å². The molecule has 0 aromatic carbocycles. The van der Waals surface area contributed by atoms with Gasteiger partial charge in [0.15, 0.2) is 0 Å². The summed E-state index contributed by atoms with van der Waals surface area (Å²) in [7, 11) is 1.74. The zero-order valence-electron chi connectivity index (χ0n) is 11.0. The molecule has 0 aromatic rings. The molecule has 1 aliphatic heterocycles. The van der Waals surface area contributed by atoms with Crippen LogP contribution in [0.4, 0.5) is 0 Å². The Kier molecular flexibility index (Phi) is 3.73. The van der Waals surface area contributed by atoms with E-state index in [9.17, 15) is 4.79 Å². The Morgan fingerprint density at radius 1 is 1.29 bits per heavy atom.